The number of nitrogens with one attached hydrogen (secondary N) is 1. The molecule has 0 fully saturated rings. The average Bonchev–Trinajstić information content (AvgIpc) is 3.31. The van der Waals surface area contributed by atoms with Crippen molar-refractivity contribution < 1.29 is 14.4 Å². The Kier molecular flexibility index (Phi) is 5.09. The molecule has 8 heteroatoms. The summed E-state index contributed by atoms with van der Waals surface area (Å²) in [6, 6.07) is 15.1. The van der Waals surface area contributed by atoms with Gasteiger partial charge in [0.2, 0.25) is 5.91 Å². The molecule has 3 heterocycles. The van der Waals surface area contributed by atoms with E-state index < -0.39 is 17.7 Å². The number of amides is 3. The second kappa shape index (κ2) is 8.05. The predicted molar refractivity (Wildman–Crippen MR) is 117 cm³/mol. The quantitative estimate of drug-likeness (QED) is 0.627. The molecule has 0 spiro atoms. The minimum atomic E-state index is -0.444. The van der Waals surface area contributed by atoms with Crippen molar-refractivity contribution in [2.24, 2.45) is 0 Å². The maximum absolute atomic E-state index is 12.4. The van der Waals surface area contributed by atoms with Crippen LogP contribution in [0.3, 0.4) is 0 Å². The van der Waals surface area contributed by atoms with E-state index in [2.05, 4.69) is 39.5 Å². The minimum absolute atomic E-state index is 0.329. The van der Waals surface area contributed by atoms with Crippen LogP contribution in [0, 0.1) is 0 Å². The van der Waals surface area contributed by atoms with E-state index in [0.717, 1.165) is 30.1 Å². The molecule has 0 saturated carbocycles. The Morgan fingerprint density at radius 3 is 2.42 bits per heavy atom. The van der Waals surface area contributed by atoms with Crippen LogP contribution in [-0.2, 0) is 24.3 Å². The van der Waals surface area contributed by atoms with Crippen molar-refractivity contribution in [2.75, 3.05) is 18.4 Å². The van der Waals surface area contributed by atoms with Gasteiger partial charge in [-0.1, -0.05) is 36.4 Å². The van der Waals surface area contributed by atoms with Crippen molar-refractivity contribution in [3.05, 3.63) is 81.9 Å². The number of fused-ring (bicyclic) bond motifs is 2. The fourth-order valence-corrected chi connectivity index (χ4v) is 4.76. The van der Waals surface area contributed by atoms with E-state index in [1.54, 1.807) is 24.3 Å². The summed E-state index contributed by atoms with van der Waals surface area (Å²) in [4.78, 5) is 45.1. The van der Waals surface area contributed by atoms with E-state index in [-0.39, 0.29) is 6.54 Å². The van der Waals surface area contributed by atoms with Gasteiger partial charge in [-0.3, -0.25) is 24.2 Å². The lowest BCUT2D eigenvalue weighted by atomic mass is 10.00. The number of thiazole rings is 1. The molecule has 2 aliphatic rings. The first kappa shape index (κ1) is 19.6. The van der Waals surface area contributed by atoms with Crippen LogP contribution in [0.2, 0.25) is 0 Å². The van der Waals surface area contributed by atoms with Crippen molar-refractivity contribution in [1.82, 2.24) is 14.8 Å². The Bertz CT molecular complexity index is 1150. The van der Waals surface area contributed by atoms with Gasteiger partial charge in [-0.05, 0) is 29.7 Å². The Labute approximate surface area is 183 Å². The lowest BCUT2D eigenvalue weighted by molar-refractivity contribution is -0.116. The van der Waals surface area contributed by atoms with Gasteiger partial charge in [0, 0.05) is 25.0 Å². The molecule has 7 nitrogen and oxygen atoms in total. The summed E-state index contributed by atoms with van der Waals surface area (Å²) < 4.78 is 0. The molecule has 0 radical (unpaired) electrons. The number of hydrogen-bond acceptors (Lipinski definition) is 6. The monoisotopic (exact) mass is 432 g/mol. The van der Waals surface area contributed by atoms with Crippen molar-refractivity contribution in [3.8, 4) is 0 Å². The van der Waals surface area contributed by atoms with E-state index in [1.807, 2.05) is 5.38 Å². The molecule has 1 aromatic heterocycles. The highest BCUT2D eigenvalue weighted by molar-refractivity contribution is 7.13. The van der Waals surface area contributed by atoms with Crippen molar-refractivity contribution in [1.29, 1.82) is 0 Å². The zero-order valence-corrected chi connectivity index (χ0v) is 17.5. The molecule has 0 atom stereocenters. The summed E-state index contributed by atoms with van der Waals surface area (Å²) in [6.07, 6.45) is 1.02. The van der Waals surface area contributed by atoms with E-state index in [1.165, 1.54) is 22.5 Å². The molecule has 2 aromatic carbocycles. The summed E-state index contributed by atoms with van der Waals surface area (Å²) in [5.74, 6) is -1.33. The third-order valence-corrected chi connectivity index (χ3v) is 6.38. The Balaban J connectivity index is 1.18. The molecule has 2 aliphatic heterocycles. The van der Waals surface area contributed by atoms with Crippen LogP contribution in [0.15, 0.2) is 53.9 Å². The Morgan fingerprint density at radius 2 is 1.68 bits per heavy atom. The highest BCUT2D eigenvalue weighted by Crippen LogP contribution is 2.24. The average molecular weight is 433 g/mol. The molecular weight excluding hydrogens is 412 g/mol. The highest BCUT2D eigenvalue weighted by atomic mass is 32.1. The number of anilines is 1. The zero-order valence-electron chi connectivity index (χ0n) is 16.7. The molecule has 1 N–H and O–H groups in total. The van der Waals surface area contributed by atoms with E-state index >= 15 is 0 Å². The SMILES string of the molecule is O=C(CN1C(=O)c2ccccc2C1=O)Nc1nc(CN2CCc3ccccc3C2)cs1. The van der Waals surface area contributed by atoms with Gasteiger partial charge in [0.15, 0.2) is 5.13 Å². The lowest BCUT2D eigenvalue weighted by Gasteiger charge is -2.27. The molecule has 156 valence electrons. The highest BCUT2D eigenvalue weighted by Gasteiger charge is 2.36. The number of hydrogen-bond donors (Lipinski definition) is 1. The van der Waals surface area contributed by atoms with Crippen LogP contribution in [0.5, 0.6) is 0 Å². The van der Waals surface area contributed by atoms with Crippen LogP contribution < -0.4 is 5.32 Å². The Morgan fingerprint density at radius 1 is 1.00 bits per heavy atom. The lowest BCUT2D eigenvalue weighted by Crippen LogP contribution is -2.37. The fourth-order valence-electron chi connectivity index (χ4n) is 4.04. The van der Waals surface area contributed by atoms with E-state index in [4.69, 9.17) is 0 Å². The van der Waals surface area contributed by atoms with Crippen LogP contribution >= 0.6 is 11.3 Å². The van der Waals surface area contributed by atoms with Crippen LogP contribution in [0.1, 0.15) is 37.5 Å². The van der Waals surface area contributed by atoms with Gasteiger partial charge in [0.25, 0.3) is 11.8 Å². The number of imide groups is 1. The van der Waals surface area contributed by atoms with Gasteiger partial charge in [-0.2, -0.15) is 0 Å². The summed E-state index contributed by atoms with van der Waals surface area (Å²) in [5, 5.41) is 5.11. The topological polar surface area (TPSA) is 82.6 Å². The zero-order chi connectivity index (χ0) is 21.4. The molecule has 0 saturated heterocycles. The minimum Gasteiger partial charge on any atom is -0.300 e. The van der Waals surface area contributed by atoms with E-state index in [9.17, 15) is 14.4 Å². The number of carbonyl (C=O) groups excluding carboxylic acids is 3. The van der Waals surface area contributed by atoms with Crippen LogP contribution in [0.4, 0.5) is 5.13 Å². The molecule has 3 amide bonds. The van der Waals surface area contributed by atoms with E-state index in [0.29, 0.717) is 22.8 Å². The summed E-state index contributed by atoms with van der Waals surface area (Å²) >= 11 is 1.34. The maximum atomic E-state index is 12.4. The summed E-state index contributed by atoms with van der Waals surface area (Å²) in [7, 11) is 0. The molecule has 3 aromatic rings. The predicted octanol–water partition coefficient (Wildman–Crippen LogP) is 2.94. The van der Waals surface area contributed by atoms with Gasteiger partial charge in [-0.25, -0.2) is 4.98 Å². The third kappa shape index (κ3) is 3.87. The van der Waals surface area contributed by atoms with Crippen molar-refractivity contribution in [2.45, 2.75) is 19.5 Å². The smallest absolute Gasteiger partial charge is 0.262 e. The number of benzene rings is 2. The summed E-state index contributed by atoms with van der Waals surface area (Å²) in [6.45, 7) is 2.23. The molecule has 31 heavy (non-hydrogen) atoms. The Hall–Kier alpha value is -3.36. The first-order chi connectivity index (χ1) is 15.1. The number of rotatable bonds is 5. The molecular formula is C23H20N4O3S. The van der Waals surface area contributed by atoms with Gasteiger partial charge < -0.3 is 5.32 Å². The number of carbonyl (C=O) groups is 3. The normalized spacial score (nSPS) is 15.7. The second-order valence-corrected chi connectivity index (χ2v) is 8.52. The first-order valence-corrected chi connectivity index (χ1v) is 10.9. The van der Waals surface area contributed by atoms with Gasteiger partial charge in [-0.15, -0.1) is 11.3 Å². The second-order valence-electron chi connectivity index (χ2n) is 7.66. The van der Waals surface area contributed by atoms with Gasteiger partial charge >= 0.3 is 0 Å². The third-order valence-electron chi connectivity index (χ3n) is 5.57. The van der Waals surface area contributed by atoms with Gasteiger partial charge in [0.1, 0.15) is 6.54 Å². The van der Waals surface area contributed by atoms with Crippen LogP contribution in [-0.4, -0.2) is 45.6 Å². The molecule has 0 bridgehead atoms. The molecule has 0 aliphatic carbocycles. The number of nitrogens with zero attached hydrogens (tertiary/aromatic N) is 3. The summed E-state index contributed by atoms with van der Waals surface area (Å²) in [5.41, 5.74) is 4.30. The van der Waals surface area contributed by atoms with Crippen LogP contribution in [0.25, 0.3) is 0 Å². The molecule has 5 rings (SSSR count). The fraction of sp³-hybridized carbons (Fsp3) is 0.217. The molecule has 0 unspecified atom stereocenters. The van der Waals surface area contributed by atoms with Crippen molar-refractivity contribution in [3.63, 3.8) is 0 Å². The largest absolute Gasteiger partial charge is 0.300 e. The maximum Gasteiger partial charge on any atom is 0.262 e. The standard InChI is InChI=1S/C23H20N4O3S/c28-20(13-27-21(29)18-7-3-4-8-19(18)22(27)30)25-23-24-17(14-31-23)12-26-10-9-15-5-1-2-6-16(15)11-26/h1-8,14H,9-13H2,(H,24,25,28). The van der Waals surface area contributed by atoms with Crippen molar-refractivity contribution >= 4 is 34.2 Å². The first-order valence-electron chi connectivity index (χ1n) is 10.1. The number of aromatic nitrogens is 1. The van der Waals surface area contributed by atoms with Gasteiger partial charge in [0.05, 0.1) is 16.8 Å².